The van der Waals surface area contributed by atoms with E-state index in [9.17, 15) is 9.59 Å². The maximum absolute atomic E-state index is 13.7. The third kappa shape index (κ3) is 6.25. The molecule has 0 bridgehead atoms. The van der Waals surface area contributed by atoms with Crippen LogP contribution in [0.1, 0.15) is 60.9 Å². The van der Waals surface area contributed by atoms with E-state index in [4.69, 9.17) is 14.2 Å². The van der Waals surface area contributed by atoms with Crippen molar-refractivity contribution in [1.29, 1.82) is 0 Å². The summed E-state index contributed by atoms with van der Waals surface area (Å²) in [5, 5.41) is 0. The van der Waals surface area contributed by atoms with Gasteiger partial charge >= 0.3 is 0 Å². The minimum atomic E-state index is 0.0235. The number of ether oxygens (including phenoxy) is 3. The largest absolute Gasteiger partial charge is 0.493 e. The van der Waals surface area contributed by atoms with Crippen LogP contribution in [0, 0.1) is 5.41 Å². The van der Waals surface area contributed by atoms with Crippen molar-refractivity contribution in [2.24, 2.45) is 5.41 Å². The van der Waals surface area contributed by atoms with Crippen molar-refractivity contribution in [3.63, 3.8) is 0 Å². The molecule has 0 radical (unpaired) electrons. The Kier molecular flexibility index (Phi) is 8.36. The van der Waals surface area contributed by atoms with Gasteiger partial charge in [0.2, 0.25) is 12.7 Å². The Morgan fingerprint density at radius 1 is 0.762 bits per heavy atom. The number of likely N-dealkylation sites (tertiary alicyclic amines) is 1. The fourth-order valence-corrected chi connectivity index (χ4v) is 6.62. The van der Waals surface area contributed by atoms with E-state index in [-0.39, 0.29) is 24.0 Å². The summed E-state index contributed by atoms with van der Waals surface area (Å²) in [5.41, 5.74) is 3.94. The number of hydrogen-bond acceptors (Lipinski definition) is 5. The average Bonchev–Trinajstić information content (AvgIpc) is 3.50. The number of fused-ring (bicyclic) bond motifs is 2. The molecule has 3 aliphatic rings. The van der Waals surface area contributed by atoms with Gasteiger partial charge in [-0.2, -0.15) is 0 Å². The number of carbonyl (C=O) groups is 2. The molecule has 7 heteroatoms. The second-order valence-corrected chi connectivity index (χ2v) is 12.0. The lowest BCUT2D eigenvalue weighted by Crippen LogP contribution is -2.48. The van der Waals surface area contributed by atoms with Crippen molar-refractivity contribution in [3.8, 4) is 28.4 Å². The molecule has 7 nitrogen and oxygen atoms in total. The Morgan fingerprint density at radius 3 is 2.45 bits per heavy atom. The standard InChI is InChI=1S/C35H40N2O5/c1-36-24-35(16-5-4-9-26-8-2-3-12-30(26)40-21-7-13-33(36)38)17-19-37(20-18-35)34(39)29-11-6-10-27(22-29)28-14-15-31-32(23-28)42-25-41-31/h2-3,6,8,10-12,14-15,22-23H,4-5,7,9,13,16-21,24-25H2,1H3. The minimum Gasteiger partial charge on any atom is -0.493 e. The van der Waals surface area contributed by atoms with Crippen LogP contribution in [0.4, 0.5) is 0 Å². The Labute approximate surface area is 248 Å². The second kappa shape index (κ2) is 12.5. The van der Waals surface area contributed by atoms with E-state index < -0.39 is 0 Å². The average molecular weight is 569 g/mol. The number of benzene rings is 3. The van der Waals surface area contributed by atoms with Crippen molar-refractivity contribution in [2.45, 2.75) is 51.4 Å². The SMILES string of the molecule is CN1CC2(CCCCc3ccccc3OCCCC1=O)CCN(C(=O)c1cccc(-c3ccc4c(c3)OCO4)c1)CC2. The van der Waals surface area contributed by atoms with Crippen molar-refractivity contribution in [3.05, 3.63) is 77.9 Å². The summed E-state index contributed by atoms with van der Waals surface area (Å²) >= 11 is 0. The van der Waals surface area contributed by atoms with Gasteiger partial charge in [-0.1, -0.05) is 42.8 Å². The number of para-hydroxylation sites is 1. The first-order chi connectivity index (χ1) is 20.5. The summed E-state index contributed by atoms with van der Waals surface area (Å²) in [6, 6.07) is 22.0. The molecule has 0 atom stereocenters. The monoisotopic (exact) mass is 568 g/mol. The van der Waals surface area contributed by atoms with E-state index in [0.29, 0.717) is 38.1 Å². The van der Waals surface area contributed by atoms with E-state index in [1.807, 2.05) is 71.4 Å². The zero-order chi connectivity index (χ0) is 28.9. The first-order valence-electron chi connectivity index (χ1n) is 15.2. The molecule has 2 amide bonds. The normalized spacial score (nSPS) is 19.1. The zero-order valence-electron chi connectivity index (χ0n) is 24.5. The Balaban J connectivity index is 1.13. The van der Waals surface area contributed by atoms with Crippen LogP contribution in [-0.4, -0.2) is 61.7 Å². The molecule has 1 saturated heterocycles. The topological polar surface area (TPSA) is 68.3 Å². The quantitative estimate of drug-likeness (QED) is 0.361. The molecule has 3 aromatic carbocycles. The van der Waals surface area contributed by atoms with Gasteiger partial charge < -0.3 is 24.0 Å². The molecular weight excluding hydrogens is 528 g/mol. The van der Waals surface area contributed by atoms with Gasteiger partial charge in [0.25, 0.3) is 5.91 Å². The summed E-state index contributed by atoms with van der Waals surface area (Å²) in [4.78, 5) is 30.6. The zero-order valence-corrected chi connectivity index (χ0v) is 24.5. The smallest absolute Gasteiger partial charge is 0.253 e. The van der Waals surface area contributed by atoms with Gasteiger partial charge in [0, 0.05) is 38.7 Å². The minimum absolute atomic E-state index is 0.0235. The maximum atomic E-state index is 13.7. The van der Waals surface area contributed by atoms with Gasteiger partial charge in [-0.3, -0.25) is 9.59 Å². The molecule has 0 aliphatic carbocycles. The second-order valence-electron chi connectivity index (χ2n) is 12.0. The molecule has 1 spiro atoms. The van der Waals surface area contributed by atoms with E-state index >= 15 is 0 Å². The highest BCUT2D eigenvalue weighted by molar-refractivity contribution is 5.95. The van der Waals surface area contributed by atoms with Gasteiger partial charge in [-0.25, -0.2) is 0 Å². The Morgan fingerprint density at radius 2 is 1.57 bits per heavy atom. The van der Waals surface area contributed by atoms with Crippen LogP contribution in [0.15, 0.2) is 66.7 Å². The molecule has 0 unspecified atom stereocenters. The van der Waals surface area contributed by atoms with Gasteiger partial charge in [0.1, 0.15) is 5.75 Å². The molecular formula is C35H40N2O5. The van der Waals surface area contributed by atoms with Crippen molar-refractivity contribution in [1.82, 2.24) is 9.80 Å². The fourth-order valence-electron chi connectivity index (χ4n) is 6.62. The summed E-state index contributed by atoms with van der Waals surface area (Å²) in [5.74, 6) is 2.66. The van der Waals surface area contributed by atoms with Crippen LogP contribution < -0.4 is 14.2 Å². The molecule has 0 N–H and O–H groups in total. The number of nitrogens with zero attached hydrogens (tertiary/aromatic N) is 2. The molecule has 3 aliphatic heterocycles. The Hall–Kier alpha value is -4.00. The molecule has 6 rings (SSSR count). The lowest BCUT2D eigenvalue weighted by molar-refractivity contribution is -0.132. The van der Waals surface area contributed by atoms with Crippen molar-refractivity contribution >= 4 is 11.8 Å². The maximum Gasteiger partial charge on any atom is 0.253 e. The molecule has 220 valence electrons. The molecule has 0 aromatic heterocycles. The molecule has 0 saturated carbocycles. The number of piperidine rings is 1. The summed E-state index contributed by atoms with van der Waals surface area (Å²) in [6.45, 7) is 2.93. The third-order valence-corrected chi connectivity index (χ3v) is 9.09. The number of rotatable bonds is 2. The van der Waals surface area contributed by atoms with Gasteiger partial charge in [-0.15, -0.1) is 0 Å². The molecule has 3 heterocycles. The van der Waals surface area contributed by atoms with Gasteiger partial charge in [0.05, 0.1) is 6.61 Å². The predicted octanol–water partition coefficient (Wildman–Crippen LogP) is 6.35. The lowest BCUT2D eigenvalue weighted by Gasteiger charge is -2.44. The van der Waals surface area contributed by atoms with Crippen molar-refractivity contribution in [2.75, 3.05) is 40.1 Å². The van der Waals surface area contributed by atoms with E-state index in [2.05, 4.69) is 12.1 Å². The van der Waals surface area contributed by atoms with Crippen LogP contribution >= 0.6 is 0 Å². The van der Waals surface area contributed by atoms with E-state index in [1.165, 1.54) is 5.56 Å². The number of carbonyl (C=O) groups excluding carboxylic acids is 2. The number of hydrogen-bond donors (Lipinski definition) is 0. The first-order valence-corrected chi connectivity index (χ1v) is 15.2. The fraction of sp³-hybridized carbons (Fsp3) is 0.429. The van der Waals surface area contributed by atoms with Crippen LogP contribution in [-0.2, 0) is 11.2 Å². The van der Waals surface area contributed by atoms with Crippen molar-refractivity contribution < 1.29 is 23.8 Å². The molecule has 3 aromatic rings. The Bertz CT molecular complexity index is 1430. The highest BCUT2D eigenvalue weighted by Gasteiger charge is 2.37. The van der Waals surface area contributed by atoms with E-state index in [0.717, 1.165) is 73.4 Å². The number of amides is 2. The number of aryl methyl sites for hydroxylation is 1. The molecule has 1 fully saturated rings. The lowest BCUT2D eigenvalue weighted by atomic mass is 9.73. The highest BCUT2D eigenvalue weighted by Crippen LogP contribution is 2.39. The van der Waals surface area contributed by atoms with Crippen LogP contribution in [0.25, 0.3) is 11.1 Å². The van der Waals surface area contributed by atoms with Crippen LogP contribution in [0.3, 0.4) is 0 Å². The van der Waals surface area contributed by atoms with Crippen LogP contribution in [0.2, 0.25) is 0 Å². The van der Waals surface area contributed by atoms with E-state index in [1.54, 1.807) is 0 Å². The predicted molar refractivity (Wildman–Crippen MR) is 162 cm³/mol. The third-order valence-electron chi connectivity index (χ3n) is 9.09. The summed E-state index contributed by atoms with van der Waals surface area (Å²) < 4.78 is 17.0. The highest BCUT2D eigenvalue weighted by atomic mass is 16.7. The summed E-state index contributed by atoms with van der Waals surface area (Å²) in [6.07, 6.45) is 7.20. The first kappa shape index (κ1) is 28.1. The van der Waals surface area contributed by atoms with Gasteiger partial charge in [0.15, 0.2) is 11.5 Å². The summed E-state index contributed by atoms with van der Waals surface area (Å²) in [7, 11) is 1.94. The molecule has 42 heavy (non-hydrogen) atoms. The van der Waals surface area contributed by atoms with Gasteiger partial charge in [-0.05, 0) is 91.0 Å². The van der Waals surface area contributed by atoms with Crippen LogP contribution in [0.5, 0.6) is 17.2 Å².